The fourth-order valence-electron chi connectivity index (χ4n) is 2.10. The van der Waals surface area contributed by atoms with Crippen molar-refractivity contribution in [2.45, 2.75) is 38.5 Å². The van der Waals surface area contributed by atoms with Gasteiger partial charge in [0.15, 0.2) is 15.5 Å². The molecule has 0 atom stereocenters. The highest BCUT2D eigenvalue weighted by Crippen LogP contribution is 2.23. The lowest BCUT2D eigenvalue weighted by Crippen LogP contribution is -2.36. The molecular formula is C14H20ClN3O2S. The van der Waals surface area contributed by atoms with Crippen LogP contribution in [0, 0.1) is 6.92 Å². The molecule has 0 aromatic carbocycles. The number of pyridine rings is 1. The summed E-state index contributed by atoms with van der Waals surface area (Å²) in [6.45, 7) is 5.69. The minimum Gasteiger partial charge on any atom is -0.311 e. The summed E-state index contributed by atoms with van der Waals surface area (Å²) in [6, 6.07) is 1.95. The van der Waals surface area contributed by atoms with Gasteiger partial charge in [-0.3, -0.25) is 0 Å². The second-order valence-electron chi connectivity index (χ2n) is 5.94. The van der Waals surface area contributed by atoms with Crippen LogP contribution >= 0.6 is 11.6 Å². The number of hydrogen-bond donors (Lipinski definition) is 0. The van der Waals surface area contributed by atoms with Crippen molar-refractivity contribution in [3.63, 3.8) is 0 Å². The number of nitrogens with zero attached hydrogens (tertiary/aromatic N) is 3. The van der Waals surface area contributed by atoms with Crippen molar-refractivity contribution in [2.75, 3.05) is 12.1 Å². The standard InChI is InChI=1S/C14H20ClN3O2S/c1-10-7-11-13(16-8-10)18(12(17-11)5-6-15)9-14(2,3)21(4,19)20/h7-8H,5-6,9H2,1-4H3. The molecule has 0 spiro atoms. The molecule has 0 N–H and O–H groups in total. The highest BCUT2D eigenvalue weighted by molar-refractivity contribution is 7.92. The molecule has 2 rings (SSSR count). The number of imidazole rings is 1. The third-order valence-electron chi connectivity index (χ3n) is 3.66. The van der Waals surface area contributed by atoms with Crippen molar-refractivity contribution in [1.82, 2.24) is 14.5 Å². The van der Waals surface area contributed by atoms with Crippen LogP contribution in [0.1, 0.15) is 25.2 Å². The highest BCUT2D eigenvalue weighted by atomic mass is 35.5. The number of hydrogen-bond acceptors (Lipinski definition) is 4. The van der Waals surface area contributed by atoms with Gasteiger partial charge in [-0.2, -0.15) is 0 Å². The Balaban J connectivity index is 2.58. The molecule has 5 nitrogen and oxygen atoms in total. The Morgan fingerprint density at radius 2 is 2.05 bits per heavy atom. The van der Waals surface area contributed by atoms with Crippen molar-refractivity contribution in [1.29, 1.82) is 0 Å². The Morgan fingerprint density at radius 3 is 2.62 bits per heavy atom. The van der Waals surface area contributed by atoms with Crippen LogP contribution in [0.15, 0.2) is 12.3 Å². The Bertz CT molecular complexity index is 766. The summed E-state index contributed by atoms with van der Waals surface area (Å²) in [6.07, 6.45) is 3.60. The third kappa shape index (κ3) is 3.21. The molecule has 0 bridgehead atoms. The molecule has 0 unspecified atom stereocenters. The Kier molecular flexibility index (Phi) is 4.31. The van der Waals surface area contributed by atoms with Crippen LogP contribution in [0.25, 0.3) is 11.2 Å². The predicted molar refractivity (Wildman–Crippen MR) is 85.6 cm³/mol. The van der Waals surface area contributed by atoms with Gasteiger partial charge in [-0.25, -0.2) is 18.4 Å². The van der Waals surface area contributed by atoms with E-state index >= 15 is 0 Å². The molecule has 0 amide bonds. The zero-order valence-electron chi connectivity index (χ0n) is 12.7. The summed E-state index contributed by atoms with van der Waals surface area (Å²) in [5.74, 6) is 1.21. The molecule has 0 radical (unpaired) electrons. The fraction of sp³-hybridized carbons (Fsp3) is 0.571. The molecule has 21 heavy (non-hydrogen) atoms. The second kappa shape index (κ2) is 5.57. The summed E-state index contributed by atoms with van der Waals surface area (Å²) in [5.41, 5.74) is 2.50. The molecule has 2 heterocycles. The maximum atomic E-state index is 12.0. The van der Waals surface area contributed by atoms with E-state index in [0.29, 0.717) is 24.5 Å². The van der Waals surface area contributed by atoms with Gasteiger partial charge in [-0.1, -0.05) is 0 Å². The van der Waals surface area contributed by atoms with Crippen LogP contribution in [0.4, 0.5) is 0 Å². The smallest absolute Gasteiger partial charge is 0.160 e. The molecule has 2 aromatic heterocycles. The topological polar surface area (TPSA) is 64.8 Å². The maximum absolute atomic E-state index is 12.0. The van der Waals surface area contributed by atoms with Crippen molar-refractivity contribution in [3.05, 3.63) is 23.7 Å². The fourth-order valence-corrected chi connectivity index (χ4v) is 2.63. The first-order valence-electron chi connectivity index (χ1n) is 6.73. The third-order valence-corrected chi connectivity index (χ3v) is 5.99. The molecule has 0 aliphatic heterocycles. The van der Waals surface area contributed by atoms with Crippen LogP contribution in [-0.2, 0) is 22.8 Å². The molecule has 7 heteroatoms. The summed E-state index contributed by atoms with van der Waals surface area (Å²) in [7, 11) is -3.20. The first-order valence-corrected chi connectivity index (χ1v) is 9.15. The van der Waals surface area contributed by atoms with E-state index in [4.69, 9.17) is 11.6 Å². The molecule has 2 aromatic rings. The largest absolute Gasteiger partial charge is 0.311 e. The normalized spacial score (nSPS) is 13.0. The molecular weight excluding hydrogens is 310 g/mol. The van der Waals surface area contributed by atoms with E-state index in [1.54, 1.807) is 20.0 Å². The minimum absolute atomic E-state index is 0.310. The van der Waals surface area contributed by atoms with E-state index in [2.05, 4.69) is 9.97 Å². The Hall–Kier alpha value is -1.14. The van der Waals surface area contributed by atoms with Gasteiger partial charge in [0.05, 0.1) is 4.75 Å². The Labute approximate surface area is 130 Å². The average Bonchev–Trinajstić information content (AvgIpc) is 2.65. The van der Waals surface area contributed by atoms with Crippen LogP contribution in [0.5, 0.6) is 0 Å². The number of fused-ring (bicyclic) bond motifs is 1. The van der Waals surface area contributed by atoms with Gasteiger partial charge in [0, 0.05) is 31.3 Å². The number of aryl methyl sites for hydroxylation is 2. The summed E-state index contributed by atoms with van der Waals surface area (Å²) in [4.78, 5) is 8.96. The Morgan fingerprint density at radius 1 is 1.38 bits per heavy atom. The van der Waals surface area contributed by atoms with Gasteiger partial charge in [0.25, 0.3) is 0 Å². The van der Waals surface area contributed by atoms with Gasteiger partial charge in [-0.15, -0.1) is 11.6 Å². The number of halogens is 1. The van der Waals surface area contributed by atoms with E-state index in [1.807, 2.05) is 17.6 Å². The van der Waals surface area contributed by atoms with Gasteiger partial charge in [0.1, 0.15) is 11.3 Å². The van der Waals surface area contributed by atoms with Crippen LogP contribution in [0.2, 0.25) is 0 Å². The van der Waals surface area contributed by atoms with E-state index in [-0.39, 0.29) is 0 Å². The van der Waals surface area contributed by atoms with Gasteiger partial charge >= 0.3 is 0 Å². The highest BCUT2D eigenvalue weighted by Gasteiger charge is 2.32. The molecule has 116 valence electrons. The minimum atomic E-state index is -3.20. The quantitative estimate of drug-likeness (QED) is 0.790. The number of rotatable bonds is 5. The summed E-state index contributed by atoms with van der Waals surface area (Å²) in [5, 5.41) is 0. The van der Waals surface area contributed by atoms with Crippen LogP contribution < -0.4 is 0 Å². The van der Waals surface area contributed by atoms with E-state index in [0.717, 1.165) is 16.9 Å². The lowest BCUT2D eigenvalue weighted by Gasteiger charge is -2.24. The average molecular weight is 330 g/mol. The van der Waals surface area contributed by atoms with Crippen molar-refractivity contribution < 1.29 is 8.42 Å². The molecule has 0 fully saturated rings. The summed E-state index contributed by atoms with van der Waals surface area (Å²) < 4.78 is 24.9. The SMILES string of the molecule is Cc1cnc2c(c1)nc(CCCl)n2CC(C)(C)S(C)(=O)=O. The second-order valence-corrected chi connectivity index (χ2v) is 8.97. The van der Waals surface area contributed by atoms with Crippen molar-refractivity contribution in [3.8, 4) is 0 Å². The monoisotopic (exact) mass is 329 g/mol. The summed E-state index contributed by atoms with van der Waals surface area (Å²) >= 11 is 5.84. The maximum Gasteiger partial charge on any atom is 0.160 e. The van der Waals surface area contributed by atoms with Gasteiger partial charge in [-0.05, 0) is 32.4 Å². The van der Waals surface area contributed by atoms with E-state index < -0.39 is 14.6 Å². The van der Waals surface area contributed by atoms with Crippen molar-refractivity contribution in [2.24, 2.45) is 0 Å². The molecule has 0 aliphatic carbocycles. The van der Waals surface area contributed by atoms with Crippen LogP contribution in [-0.4, -0.2) is 39.8 Å². The zero-order chi connectivity index (χ0) is 15.8. The van der Waals surface area contributed by atoms with E-state index in [1.165, 1.54) is 6.26 Å². The zero-order valence-corrected chi connectivity index (χ0v) is 14.3. The molecule has 0 saturated heterocycles. The van der Waals surface area contributed by atoms with E-state index in [9.17, 15) is 8.42 Å². The lowest BCUT2D eigenvalue weighted by atomic mass is 10.2. The van der Waals surface area contributed by atoms with Crippen LogP contribution in [0.3, 0.4) is 0 Å². The van der Waals surface area contributed by atoms with Gasteiger partial charge < -0.3 is 4.57 Å². The lowest BCUT2D eigenvalue weighted by molar-refractivity contribution is 0.499. The van der Waals surface area contributed by atoms with Crippen molar-refractivity contribution >= 4 is 32.6 Å². The number of alkyl halides is 1. The molecule has 0 aliphatic rings. The first-order chi connectivity index (χ1) is 9.65. The number of aromatic nitrogens is 3. The predicted octanol–water partition coefficient (Wildman–Crippen LogP) is 2.34. The molecule has 0 saturated carbocycles. The van der Waals surface area contributed by atoms with Gasteiger partial charge in [0.2, 0.25) is 0 Å². The first kappa shape index (κ1) is 16.2. The number of sulfone groups is 1.